The topological polar surface area (TPSA) is 55.9 Å². The Bertz CT molecular complexity index is 515. The van der Waals surface area contributed by atoms with Crippen LogP contribution in [0, 0.1) is 0 Å². The number of halogens is 1. The van der Waals surface area contributed by atoms with E-state index in [4.69, 9.17) is 4.42 Å². The van der Waals surface area contributed by atoms with Crippen LogP contribution >= 0.6 is 15.9 Å². The van der Waals surface area contributed by atoms with Crippen molar-refractivity contribution in [2.75, 3.05) is 6.54 Å². The molecular formula is C13H19BrN4O. The molecule has 1 unspecified atom stereocenters. The second kappa shape index (κ2) is 6.34. The molecule has 1 atom stereocenters. The van der Waals surface area contributed by atoms with Gasteiger partial charge in [0, 0.05) is 13.5 Å². The van der Waals surface area contributed by atoms with Crippen LogP contribution in [-0.4, -0.2) is 21.5 Å². The molecule has 0 saturated carbocycles. The van der Waals surface area contributed by atoms with Gasteiger partial charge in [-0.05, 0) is 41.0 Å². The average molecular weight is 327 g/mol. The molecule has 2 heterocycles. The summed E-state index contributed by atoms with van der Waals surface area (Å²) < 4.78 is 8.39. The van der Waals surface area contributed by atoms with Crippen molar-refractivity contribution in [3.05, 3.63) is 34.0 Å². The first-order valence-corrected chi connectivity index (χ1v) is 7.33. The first-order chi connectivity index (χ1) is 9.17. The lowest BCUT2D eigenvalue weighted by atomic mass is 10.1. The van der Waals surface area contributed by atoms with E-state index in [1.54, 1.807) is 4.68 Å². The zero-order chi connectivity index (χ0) is 13.8. The monoisotopic (exact) mass is 326 g/mol. The minimum absolute atomic E-state index is 0.0328. The van der Waals surface area contributed by atoms with Crippen LogP contribution in [0.15, 0.2) is 21.2 Å². The zero-order valence-electron chi connectivity index (χ0n) is 11.5. The highest BCUT2D eigenvalue weighted by atomic mass is 79.9. The average Bonchev–Trinajstić information content (AvgIpc) is 3.00. The molecule has 0 spiro atoms. The van der Waals surface area contributed by atoms with Crippen LogP contribution in [0.4, 0.5) is 0 Å². The Balaban J connectivity index is 2.35. The Morgan fingerprint density at radius 1 is 1.42 bits per heavy atom. The summed E-state index contributed by atoms with van der Waals surface area (Å²) in [5.41, 5.74) is 0.977. The van der Waals surface area contributed by atoms with Crippen molar-refractivity contribution < 1.29 is 4.42 Å². The van der Waals surface area contributed by atoms with Crippen molar-refractivity contribution in [2.24, 2.45) is 7.05 Å². The van der Waals surface area contributed by atoms with Gasteiger partial charge in [0.2, 0.25) is 0 Å². The Morgan fingerprint density at radius 2 is 2.21 bits per heavy atom. The number of aromatic nitrogens is 3. The predicted octanol–water partition coefficient (Wildman–Crippen LogP) is 2.82. The molecule has 0 aromatic carbocycles. The highest BCUT2D eigenvalue weighted by Gasteiger charge is 2.24. The van der Waals surface area contributed by atoms with Gasteiger partial charge in [-0.25, -0.2) is 4.68 Å². The quantitative estimate of drug-likeness (QED) is 0.886. The van der Waals surface area contributed by atoms with Gasteiger partial charge in [0.05, 0.1) is 5.69 Å². The number of nitrogens with one attached hydrogen (secondary N) is 1. The van der Waals surface area contributed by atoms with Crippen LogP contribution in [0.2, 0.25) is 0 Å². The number of furan rings is 1. The van der Waals surface area contributed by atoms with Crippen LogP contribution in [0.1, 0.15) is 43.5 Å². The Morgan fingerprint density at radius 3 is 2.74 bits per heavy atom. The fourth-order valence-electron chi connectivity index (χ4n) is 2.01. The van der Waals surface area contributed by atoms with E-state index in [0.29, 0.717) is 0 Å². The normalized spacial score (nSPS) is 12.8. The summed E-state index contributed by atoms with van der Waals surface area (Å²) >= 11 is 3.45. The van der Waals surface area contributed by atoms with Gasteiger partial charge in [-0.15, -0.1) is 5.10 Å². The van der Waals surface area contributed by atoms with Crippen LogP contribution < -0.4 is 5.32 Å². The molecule has 19 heavy (non-hydrogen) atoms. The third kappa shape index (κ3) is 3.06. The summed E-state index contributed by atoms with van der Waals surface area (Å²) in [5.74, 6) is 1.89. The fourth-order valence-corrected chi connectivity index (χ4v) is 2.56. The molecule has 1 N–H and O–H groups in total. The molecule has 0 aliphatic carbocycles. The summed E-state index contributed by atoms with van der Waals surface area (Å²) in [6.07, 6.45) is 1.95. The summed E-state index contributed by atoms with van der Waals surface area (Å²) in [6, 6.07) is 4.01. The molecule has 0 radical (unpaired) electrons. The smallest absolute Gasteiger partial charge is 0.153 e. The van der Waals surface area contributed by atoms with E-state index in [2.05, 4.69) is 45.4 Å². The van der Waals surface area contributed by atoms with Gasteiger partial charge >= 0.3 is 0 Å². The van der Waals surface area contributed by atoms with E-state index in [-0.39, 0.29) is 6.04 Å². The molecule has 0 aliphatic heterocycles. The second-order valence-electron chi connectivity index (χ2n) is 4.43. The van der Waals surface area contributed by atoms with E-state index in [0.717, 1.165) is 41.2 Å². The van der Waals surface area contributed by atoms with Crippen LogP contribution in [-0.2, 0) is 13.5 Å². The van der Waals surface area contributed by atoms with E-state index in [9.17, 15) is 0 Å². The minimum atomic E-state index is -0.0328. The van der Waals surface area contributed by atoms with Gasteiger partial charge in [-0.1, -0.05) is 19.1 Å². The van der Waals surface area contributed by atoms with Gasteiger partial charge in [-0.3, -0.25) is 0 Å². The van der Waals surface area contributed by atoms with Crippen LogP contribution in [0.5, 0.6) is 0 Å². The first kappa shape index (κ1) is 14.3. The third-order valence-corrected chi connectivity index (χ3v) is 3.58. The number of rotatable bonds is 6. The van der Waals surface area contributed by atoms with E-state index < -0.39 is 0 Å². The maximum Gasteiger partial charge on any atom is 0.153 e. The van der Waals surface area contributed by atoms with Crippen molar-refractivity contribution in [3.8, 4) is 0 Å². The lowest BCUT2D eigenvalue weighted by Gasteiger charge is -2.16. The molecule has 6 heteroatoms. The second-order valence-corrected chi connectivity index (χ2v) is 5.19. The first-order valence-electron chi connectivity index (χ1n) is 6.54. The number of hydrogen-bond acceptors (Lipinski definition) is 4. The summed E-state index contributed by atoms with van der Waals surface area (Å²) in [6.45, 7) is 5.13. The van der Waals surface area contributed by atoms with Crippen molar-refractivity contribution in [2.45, 2.75) is 32.7 Å². The van der Waals surface area contributed by atoms with Crippen molar-refractivity contribution in [1.82, 2.24) is 20.3 Å². The van der Waals surface area contributed by atoms with Crippen molar-refractivity contribution in [3.63, 3.8) is 0 Å². The molecule has 5 nitrogen and oxygen atoms in total. The standard InChI is InChI=1S/C13H19BrN4O/c1-4-8-15-11(10-7-6-9(5-2)19-10)12-13(14)16-17-18(12)3/h6-7,11,15H,4-5,8H2,1-3H3. The predicted molar refractivity (Wildman–Crippen MR) is 76.9 cm³/mol. The van der Waals surface area contributed by atoms with Crippen molar-refractivity contribution in [1.29, 1.82) is 0 Å². The largest absolute Gasteiger partial charge is 0.464 e. The van der Waals surface area contributed by atoms with Gasteiger partial charge in [-0.2, -0.15) is 0 Å². The fraction of sp³-hybridized carbons (Fsp3) is 0.538. The van der Waals surface area contributed by atoms with Crippen molar-refractivity contribution >= 4 is 15.9 Å². The summed E-state index contributed by atoms with van der Waals surface area (Å²) in [5, 5.41) is 11.6. The lowest BCUT2D eigenvalue weighted by Crippen LogP contribution is -2.25. The third-order valence-electron chi connectivity index (χ3n) is 3.01. The van der Waals surface area contributed by atoms with Gasteiger partial charge in [0.15, 0.2) is 4.60 Å². The Kier molecular flexibility index (Phi) is 4.76. The maximum absolute atomic E-state index is 5.87. The molecule has 0 aliphatic rings. The van der Waals surface area contributed by atoms with E-state index in [1.165, 1.54) is 0 Å². The Labute approximate surface area is 121 Å². The summed E-state index contributed by atoms with van der Waals surface area (Å²) in [7, 11) is 1.89. The van der Waals surface area contributed by atoms with Gasteiger partial charge in [0.1, 0.15) is 17.6 Å². The molecule has 0 amide bonds. The molecule has 2 aromatic heterocycles. The molecule has 0 fully saturated rings. The summed E-state index contributed by atoms with van der Waals surface area (Å²) in [4.78, 5) is 0. The molecule has 0 saturated heterocycles. The molecule has 2 aromatic rings. The van der Waals surface area contributed by atoms with Gasteiger partial charge < -0.3 is 9.73 Å². The SMILES string of the molecule is CCCNC(c1ccc(CC)o1)c1c(Br)nnn1C. The maximum atomic E-state index is 5.87. The van der Waals surface area contributed by atoms with Gasteiger partial charge in [0.25, 0.3) is 0 Å². The van der Waals surface area contributed by atoms with E-state index in [1.807, 2.05) is 19.2 Å². The number of nitrogens with zero attached hydrogens (tertiary/aromatic N) is 3. The number of hydrogen-bond donors (Lipinski definition) is 1. The van der Waals surface area contributed by atoms with Crippen LogP contribution in [0.3, 0.4) is 0 Å². The lowest BCUT2D eigenvalue weighted by molar-refractivity contribution is 0.410. The molecular weight excluding hydrogens is 308 g/mol. The molecule has 0 bridgehead atoms. The van der Waals surface area contributed by atoms with Crippen LogP contribution in [0.25, 0.3) is 0 Å². The Hall–Kier alpha value is -1.14. The minimum Gasteiger partial charge on any atom is -0.464 e. The number of aryl methyl sites for hydroxylation is 2. The van der Waals surface area contributed by atoms with E-state index >= 15 is 0 Å². The molecule has 2 rings (SSSR count). The highest BCUT2D eigenvalue weighted by molar-refractivity contribution is 9.10. The molecule has 104 valence electrons. The zero-order valence-corrected chi connectivity index (χ0v) is 13.1. The highest BCUT2D eigenvalue weighted by Crippen LogP contribution is 2.28.